The van der Waals surface area contributed by atoms with E-state index >= 15 is 0 Å². The van der Waals surface area contributed by atoms with Crippen LogP contribution in [0.4, 0.5) is 32.0 Å². The van der Waals surface area contributed by atoms with Gasteiger partial charge in [0.2, 0.25) is 0 Å². The van der Waals surface area contributed by atoms with Crippen LogP contribution in [0.3, 0.4) is 0 Å². The van der Waals surface area contributed by atoms with E-state index in [-0.39, 0.29) is 17.6 Å². The summed E-state index contributed by atoms with van der Waals surface area (Å²) in [6.07, 6.45) is -7.85. The molecule has 2 aromatic rings. The minimum absolute atomic E-state index is 0.000713. The molecule has 0 bridgehead atoms. The van der Waals surface area contributed by atoms with Crippen LogP contribution in [-0.4, -0.2) is 30.7 Å². The molecule has 2 rings (SSSR count). The van der Waals surface area contributed by atoms with Crippen molar-refractivity contribution in [1.82, 2.24) is 5.48 Å². The first-order valence-corrected chi connectivity index (χ1v) is 8.86. The highest BCUT2D eigenvalue weighted by Gasteiger charge is 2.37. The van der Waals surface area contributed by atoms with Crippen LogP contribution in [0.1, 0.15) is 16.7 Å². The number of methoxy groups -OCH3 is 1. The van der Waals surface area contributed by atoms with Gasteiger partial charge in [-0.2, -0.15) is 26.3 Å². The van der Waals surface area contributed by atoms with Crippen molar-refractivity contribution >= 4 is 23.6 Å². The number of carbonyl (C=O) groups is 2. The van der Waals surface area contributed by atoms with Crippen molar-refractivity contribution in [2.45, 2.75) is 12.4 Å². The van der Waals surface area contributed by atoms with Crippen LogP contribution in [0.25, 0.3) is 6.08 Å². The second kappa shape index (κ2) is 10.3. The first-order valence-electron chi connectivity index (χ1n) is 8.86. The quantitative estimate of drug-likeness (QED) is 0.239. The van der Waals surface area contributed by atoms with Crippen LogP contribution in [0.2, 0.25) is 0 Å². The zero-order chi connectivity index (χ0) is 24.8. The normalized spacial score (nSPS) is 11.9. The summed E-state index contributed by atoms with van der Waals surface area (Å²) < 4.78 is 87.9. The van der Waals surface area contributed by atoms with E-state index in [4.69, 9.17) is 14.7 Å². The Bertz CT molecular complexity index is 1020. The summed E-state index contributed by atoms with van der Waals surface area (Å²) in [4.78, 5) is 23.2. The number of carbonyl (C=O) groups excluding carboxylic acids is 2. The molecule has 0 saturated carbocycles. The molecule has 0 unspecified atom stereocenters. The molecule has 178 valence electrons. The van der Waals surface area contributed by atoms with Gasteiger partial charge in [-0.1, -0.05) is 6.07 Å². The molecule has 0 atom stereocenters. The van der Waals surface area contributed by atoms with Crippen LogP contribution < -0.4 is 20.3 Å². The Morgan fingerprint density at radius 2 is 1.58 bits per heavy atom. The standard InChI is InChI=1S/C20H16F6N2O5/c1-32-15-4-2-11(3-5-17(29)28-31)6-16(15)33-10-18(30)27-14-8-12(19(21,22)23)7-13(9-14)20(24,25)26/h2-9,31H,10H2,1H3,(H,27,30)(H,28,29)/b5-3+. The third-order valence-electron chi connectivity index (χ3n) is 3.96. The zero-order valence-corrected chi connectivity index (χ0v) is 16.7. The number of hydroxylamine groups is 1. The number of rotatable bonds is 7. The molecule has 7 nitrogen and oxygen atoms in total. The van der Waals surface area contributed by atoms with E-state index in [1.165, 1.54) is 36.9 Å². The molecule has 0 radical (unpaired) electrons. The fraction of sp³-hybridized carbons (Fsp3) is 0.200. The van der Waals surface area contributed by atoms with E-state index in [2.05, 4.69) is 0 Å². The van der Waals surface area contributed by atoms with E-state index in [0.717, 1.165) is 6.08 Å². The van der Waals surface area contributed by atoms with Gasteiger partial charge in [-0.05, 0) is 42.0 Å². The van der Waals surface area contributed by atoms with Crippen molar-refractivity contribution in [2.24, 2.45) is 0 Å². The Kier molecular flexibility index (Phi) is 7.93. The summed E-state index contributed by atoms with van der Waals surface area (Å²) in [6.45, 7) is -0.780. The predicted octanol–water partition coefficient (Wildman–Crippen LogP) is 4.27. The highest BCUT2D eigenvalue weighted by Crippen LogP contribution is 2.37. The average Bonchev–Trinajstić information content (AvgIpc) is 2.74. The molecule has 0 fully saturated rings. The van der Waals surface area contributed by atoms with E-state index in [9.17, 15) is 35.9 Å². The second-order valence-electron chi connectivity index (χ2n) is 6.35. The number of anilines is 1. The average molecular weight is 478 g/mol. The maximum atomic E-state index is 12.9. The largest absolute Gasteiger partial charge is 0.493 e. The molecule has 0 heterocycles. The molecule has 33 heavy (non-hydrogen) atoms. The van der Waals surface area contributed by atoms with Gasteiger partial charge in [-0.3, -0.25) is 14.8 Å². The Hall–Kier alpha value is -3.74. The van der Waals surface area contributed by atoms with Crippen molar-refractivity contribution in [1.29, 1.82) is 0 Å². The summed E-state index contributed by atoms with van der Waals surface area (Å²) in [5, 5.41) is 10.4. The monoisotopic (exact) mass is 478 g/mol. The third-order valence-corrected chi connectivity index (χ3v) is 3.96. The van der Waals surface area contributed by atoms with Gasteiger partial charge in [0.15, 0.2) is 18.1 Å². The molecule has 0 aromatic heterocycles. The van der Waals surface area contributed by atoms with Crippen molar-refractivity contribution in [2.75, 3.05) is 19.0 Å². The number of nitrogens with one attached hydrogen (secondary N) is 2. The Labute approximate surface area is 182 Å². The minimum Gasteiger partial charge on any atom is -0.493 e. The number of benzene rings is 2. The number of amides is 2. The summed E-state index contributed by atoms with van der Waals surface area (Å²) in [6, 6.07) is 4.95. The SMILES string of the molecule is COc1ccc(/C=C/C(=O)NO)cc1OCC(=O)Nc1cc(C(F)(F)F)cc(C(F)(F)F)c1. The van der Waals surface area contributed by atoms with Gasteiger partial charge in [0, 0.05) is 11.8 Å². The van der Waals surface area contributed by atoms with Crippen LogP contribution in [-0.2, 0) is 21.9 Å². The van der Waals surface area contributed by atoms with Gasteiger partial charge in [-0.25, -0.2) is 5.48 Å². The van der Waals surface area contributed by atoms with Crippen LogP contribution >= 0.6 is 0 Å². The third kappa shape index (κ3) is 7.42. The lowest BCUT2D eigenvalue weighted by molar-refractivity contribution is -0.143. The van der Waals surface area contributed by atoms with E-state index < -0.39 is 47.6 Å². The molecule has 0 aliphatic carbocycles. The fourth-order valence-corrected chi connectivity index (χ4v) is 2.49. The second-order valence-corrected chi connectivity index (χ2v) is 6.35. The number of hydrogen-bond acceptors (Lipinski definition) is 5. The van der Waals surface area contributed by atoms with Gasteiger partial charge in [0.25, 0.3) is 11.8 Å². The lowest BCUT2D eigenvalue weighted by Crippen LogP contribution is -2.21. The first-order chi connectivity index (χ1) is 15.3. The molecule has 3 N–H and O–H groups in total. The molecule has 0 saturated heterocycles. The Balaban J connectivity index is 2.19. The lowest BCUT2D eigenvalue weighted by Gasteiger charge is -2.15. The minimum atomic E-state index is -5.06. The molecular formula is C20H16F6N2O5. The molecule has 0 aliphatic heterocycles. The van der Waals surface area contributed by atoms with Crippen LogP contribution in [0.15, 0.2) is 42.5 Å². The van der Waals surface area contributed by atoms with E-state index in [1.807, 2.05) is 5.32 Å². The van der Waals surface area contributed by atoms with Crippen molar-refractivity contribution in [3.63, 3.8) is 0 Å². The van der Waals surface area contributed by atoms with Gasteiger partial charge >= 0.3 is 12.4 Å². The molecule has 2 aromatic carbocycles. The van der Waals surface area contributed by atoms with Crippen molar-refractivity contribution < 1.29 is 50.6 Å². The number of alkyl halides is 6. The zero-order valence-electron chi connectivity index (χ0n) is 16.7. The summed E-state index contributed by atoms with van der Waals surface area (Å²) >= 11 is 0. The van der Waals surface area contributed by atoms with Crippen molar-refractivity contribution in [3.8, 4) is 11.5 Å². The molecule has 0 spiro atoms. The topological polar surface area (TPSA) is 96.9 Å². The lowest BCUT2D eigenvalue weighted by atomic mass is 10.1. The molecule has 2 amide bonds. The smallest absolute Gasteiger partial charge is 0.416 e. The Morgan fingerprint density at radius 3 is 2.09 bits per heavy atom. The molecule has 13 heteroatoms. The van der Waals surface area contributed by atoms with Gasteiger partial charge < -0.3 is 14.8 Å². The number of ether oxygens (including phenoxy) is 2. The summed E-state index contributed by atoms with van der Waals surface area (Å²) in [7, 11) is 1.29. The predicted molar refractivity (Wildman–Crippen MR) is 103 cm³/mol. The highest BCUT2D eigenvalue weighted by molar-refractivity contribution is 5.92. The molecular weight excluding hydrogens is 462 g/mol. The maximum absolute atomic E-state index is 12.9. The summed E-state index contributed by atoms with van der Waals surface area (Å²) in [5.74, 6) is -1.69. The van der Waals surface area contributed by atoms with Crippen molar-refractivity contribution in [3.05, 3.63) is 59.2 Å². The van der Waals surface area contributed by atoms with E-state index in [0.29, 0.717) is 17.7 Å². The van der Waals surface area contributed by atoms with Crippen LogP contribution in [0, 0.1) is 0 Å². The van der Waals surface area contributed by atoms with E-state index in [1.54, 1.807) is 0 Å². The molecule has 0 aliphatic rings. The fourth-order valence-electron chi connectivity index (χ4n) is 2.49. The van der Waals surface area contributed by atoms with Crippen LogP contribution in [0.5, 0.6) is 11.5 Å². The number of hydrogen-bond donors (Lipinski definition) is 3. The number of halogens is 6. The van der Waals surface area contributed by atoms with Gasteiger partial charge in [0.05, 0.1) is 18.2 Å². The van der Waals surface area contributed by atoms with Gasteiger partial charge in [0.1, 0.15) is 0 Å². The first kappa shape index (κ1) is 25.5. The summed E-state index contributed by atoms with van der Waals surface area (Å²) in [5.41, 5.74) is -2.10. The van der Waals surface area contributed by atoms with Gasteiger partial charge in [-0.15, -0.1) is 0 Å². The highest BCUT2D eigenvalue weighted by atomic mass is 19.4. The maximum Gasteiger partial charge on any atom is 0.416 e. The Morgan fingerprint density at radius 1 is 0.970 bits per heavy atom.